The number of nitrogens with zero attached hydrogens (tertiary/aromatic N) is 2. The number of rotatable bonds is 5. The molecule has 32 heavy (non-hydrogen) atoms. The maximum Gasteiger partial charge on any atom is 0.329 e. The van der Waals surface area contributed by atoms with Crippen molar-refractivity contribution in [2.45, 2.75) is 33.2 Å². The van der Waals surface area contributed by atoms with Gasteiger partial charge in [-0.3, -0.25) is 19.1 Å². The number of nitrogens with one attached hydrogen (secondary N) is 1. The zero-order valence-corrected chi connectivity index (χ0v) is 18.2. The van der Waals surface area contributed by atoms with Crippen molar-refractivity contribution in [3.63, 3.8) is 0 Å². The maximum absolute atomic E-state index is 14.4. The zero-order chi connectivity index (χ0) is 23.7. The Kier molecular flexibility index (Phi) is 6.42. The molecule has 0 unspecified atom stereocenters. The van der Waals surface area contributed by atoms with E-state index in [1.165, 1.54) is 12.1 Å². The van der Waals surface area contributed by atoms with Crippen LogP contribution in [0.25, 0.3) is 0 Å². The number of nitriles is 1. The first-order valence-corrected chi connectivity index (χ1v) is 9.98. The van der Waals surface area contributed by atoms with Crippen molar-refractivity contribution in [3.05, 3.63) is 101 Å². The van der Waals surface area contributed by atoms with Crippen molar-refractivity contribution >= 4 is 17.4 Å². The second-order valence-corrected chi connectivity index (χ2v) is 8.06. The molecule has 0 aliphatic rings. The Balaban J connectivity index is 2.32. The van der Waals surface area contributed by atoms with E-state index in [1.807, 2.05) is 6.07 Å². The Hall–Kier alpha value is -3.57. The van der Waals surface area contributed by atoms with Crippen LogP contribution in [0.5, 0.6) is 0 Å². The molecule has 3 rings (SSSR count). The van der Waals surface area contributed by atoms with Gasteiger partial charge in [-0.15, -0.1) is 0 Å². The second-order valence-electron chi connectivity index (χ2n) is 7.65. The summed E-state index contributed by atoms with van der Waals surface area (Å²) in [5.74, 6) is -3.07. The fourth-order valence-corrected chi connectivity index (χ4v) is 3.67. The van der Waals surface area contributed by atoms with Gasteiger partial charge in [-0.25, -0.2) is 13.6 Å². The molecule has 1 aromatic heterocycles. The number of aryl methyl sites for hydroxylation is 1. The molecule has 0 fully saturated rings. The van der Waals surface area contributed by atoms with Crippen LogP contribution in [0.3, 0.4) is 0 Å². The Morgan fingerprint density at radius 2 is 1.84 bits per heavy atom. The van der Waals surface area contributed by atoms with Crippen LogP contribution in [0.15, 0.2) is 39.9 Å². The quantitative estimate of drug-likeness (QED) is 0.461. The number of hydrogen-bond donors (Lipinski definition) is 1. The molecule has 0 bridgehead atoms. The van der Waals surface area contributed by atoms with Crippen molar-refractivity contribution in [3.8, 4) is 6.07 Å². The fraction of sp³-hybridized carbons (Fsp3) is 0.217. The number of H-pyrrole nitrogens is 1. The van der Waals surface area contributed by atoms with Crippen molar-refractivity contribution in [2.75, 3.05) is 0 Å². The molecule has 0 saturated carbocycles. The average Bonchev–Trinajstić information content (AvgIpc) is 2.71. The van der Waals surface area contributed by atoms with Crippen LogP contribution in [-0.2, 0) is 6.54 Å². The van der Waals surface area contributed by atoms with E-state index in [0.717, 1.165) is 10.6 Å². The first-order valence-electron chi connectivity index (χ1n) is 9.60. The molecule has 0 amide bonds. The van der Waals surface area contributed by atoms with Gasteiger partial charge in [0.1, 0.15) is 17.3 Å². The van der Waals surface area contributed by atoms with Gasteiger partial charge in [-0.2, -0.15) is 5.26 Å². The third-order valence-electron chi connectivity index (χ3n) is 4.91. The lowest BCUT2D eigenvalue weighted by Crippen LogP contribution is -2.38. The van der Waals surface area contributed by atoms with Crippen LogP contribution in [-0.4, -0.2) is 15.3 Å². The van der Waals surface area contributed by atoms with Crippen LogP contribution in [0.2, 0.25) is 5.02 Å². The summed E-state index contributed by atoms with van der Waals surface area (Å²) in [7, 11) is 0. The van der Waals surface area contributed by atoms with E-state index in [9.17, 15) is 28.4 Å². The van der Waals surface area contributed by atoms with Gasteiger partial charge in [-0.1, -0.05) is 25.4 Å². The minimum absolute atomic E-state index is 0.0308. The third-order valence-corrected chi connectivity index (χ3v) is 5.20. The summed E-state index contributed by atoms with van der Waals surface area (Å²) in [6, 6.07) is 8.03. The summed E-state index contributed by atoms with van der Waals surface area (Å²) in [5, 5.41) is 8.89. The van der Waals surface area contributed by atoms with Crippen molar-refractivity contribution in [1.82, 2.24) is 9.55 Å². The van der Waals surface area contributed by atoms with E-state index in [1.54, 1.807) is 26.8 Å². The molecule has 0 aliphatic carbocycles. The van der Waals surface area contributed by atoms with Crippen LogP contribution >= 0.6 is 11.6 Å². The zero-order valence-electron chi connectivity index (χ0n) is 17.4. The highest BCUT2D eigenvalue weighted by Crippen LogP contribution is 2.23. The number of carbonyl (C=O) groups is 1. The van der Waals surface area contributed by atoms with Crippen molar-refractivity contribution < 1.29 is 13.6 Å². The molecule has 0 saturated heterocycles. The number of ketones is 1. The molecule has 0 aliphatic heterocycles. The first-order chi connectivity index (χ1) is 15.0. The van der Waals surface area contributed by atoms with Crippen molar-refractivity contribution in [1.29, 1.82) is 5.26 Å². The normalized spacial score (nSPS) is 10.9. The van der Waals surface area contributed by atoms with E-state index in [-0.39, 0.29) is 33.0 Å². The lowest BCUT2D eigenvalue weighted by molar-refractivity contribution is 0.102. The number of hydrogen-bond acceptors (Lipinski definition) is 4. The van der Waals surface area contributed by atoms with Gasteiger partial charge in [0, 0.05) is 22.8 Å². The fourth-order valence-electron chi connectivity index (χ4n) is 3.49. The van der Waals surface area contributed by atoms with Gasteiger partial charge in [0.25, 0.3) is 5.56 Å². The summed E-state index contributed by atoms with van der Waals surface area (Å²) in [6.45, 7) is 4.56. The molecular formula is C23H18ClF2N3O3. The monoisotopic (exact) mass is 457 g/mol. The summed E-state index contributed by atoms with van der Waals surface area (Å²) >= 11 is 5.76. The SMILES string of the molecule is Cc1cc(C#N)cc(C(=O)c2c(C(C)C)c(=O)[nH]c(=O)n2Cc2cc(Cl)c(F)cc2F)c1. The van der Waals surface area contributed by atoms with E-state index >= 15 is 0 Å². The number of carbonyl (C=O) groups excluding carboxylic acids is 1. The Morgan fingerprint density at radius 3 is 2.47 bits per heavy atom. The molecule has 9 heteroatoms. The predicted molar refractivity (Wildman–Crippen MR) is 115 cm³/mol. The van der Waals surface area contributed by atoms with E-state index in [0.29, 0.717) is 11.6 Å². The van der Waals surface area contributed by atoms with Gasteiger partial charge < -0.3 is 0 Å². The van der Waals surface area contributed by atoms with E-state index in [4.69, 9.17) is 11.6 Å². The van der Waals surface area contributed by atoms with Crippen LogP contribution in [0, 0.1) is 29.9 Å². The van der Waals surface area contributed by atoms with Gasteiger partial charge in [0.2, 0.25) is 5.78 Å². The minimum Gasteiger partial charge on any atom is -0.287 e. The summed E-state index contributed by atoms with van der Waals surface area (Å²) in [5.41, 5.74) is -1.06. The molecular weight excluding hydrogens is 440 g/mol. The van der Waals surface area contributed by atoms with Gasteiger partial charge >= 0.3 is 5.69 Å². The molecule has 0 atom stereocenters. The largest absolute Gasteiger partial charge is 0.329 e. The van der Waals surface area contributed by atoms with Crippen LogP contribution in [0.4, 0.5) is 8.78 Å². The van der Waals surface area contributed by atoms with E-state index < -0.39 is 41.1 Å². The summed E-state index contributed by atoms with van der Waals surface area (Å²) in [4.78, 5) is 40.9. The topological polar surface area (TPSA) is 95.7 Å². The molecule has 3 aromatic rings. The molecule has 0 radical (unpaired) electrons. The lowest BCUT2D eigenvalue weighted by atomic mass is 9.95. The van der Waals surface area contributed by atoms with E-state index in [2.05, 4.69) is 4.98 Å². The molecule has 164 valence electrons. The molecule has 0 spiro atoms. The summed E-state index contributed by atoms with van der Waals surface area (Å²) < 4.78 is 28.9. The Morgan fingerprint density at radius 1 is 1.16 bits per heavy atom. The summed E-state index contributed by atoms with van der Waals surface area (Å²) in [6.07, 6.45) is 0. The standard InChI is InChI=1S/C23H18ClF2N3O3/c1-11(2)19-20(21(30)14-5-12(3)4-13(6-14)9-27)29(23(32)28-22(19)31)10-15-7-16(24)18(26)8-17(15)25/h4-8,11H,10H2,1-3H3,(H,28,31,32). The van der Waals surface area contributed by atoms with Gasteiger partial charge in [0.15, 0.2) is 0 Å². The molecule has 1 heterocycles. The van der Waals surface area contributed by atoms with Crippen molar-refractivity contribution in [2.24, 2.45) is 0 Å². The predicted octanol–water partition coefficient (Wildman–Crippen LogP) is 4.05. The second kappa shape index (κ2) is 8.89. The number of benzene rings is 2. The number of halogens is 3. The highest BCUT2D eigenvalue weighted by atomic mass is 35.5. The highest BCUT2D eigenvalue weighted by molar-refractivity contribution is 6.30. The molecule has 6 nitrogen and oxygen atoms in total. The first kappa shape index (κ1) is 23.1. The lowest BCUT2D eigenvalue weighted by Gasteiger charge is -2.18. The van der Waals surface area contributed by atoms with Gasteiger partial charge in [0.05, 0.1) is 23.2 Å². The number of aromatic nitrogens is 2. The maximum atomic E-state index is 14.4. The van der Waals surface area contributed by atoms with Crippen LogP contribution < -0.4 is 11.2 Å². The highest BCUT2D eigenvalue weighted by Gasteiger charge is 2.25. The average molecular weight is 458 g/mol. The Labute approximate surface area is 186 Å². The third kappa shape index (κ3) is 4.39. The van der Waals surface area contributed by atoms with Gasteiger partial charge in [-0.05, 0) is 42.7 Å². The van der Waals surface area contributed by atoms with Crippen LogP contribution in [0.1, 0.15) is 58.1 Å². The smallest absolute Gasteiger partial charge is 0.287 e. The molecule has 2 aromatic carbocycles. The minimum atomic E-state index is -0.968. The molecule has 1 N–H and O–H groups in total. The Bertz CT molecular complexity index is 1400. The number of aromatic amines is 1.